The molecule has 1 heterocycles. The van der Waals surface area contributed by atoms with Crippen LogP contribution in [0.1, 0.15) is 18.4 Å². The summed E-state index contributed by atoms with van der Waals surface area (Å²) in [5.74, 6) is 1.48. The standard InChI is InChI=1S/C14H20BrNO3/c1-18-13-6-10(12(15)7-14(13)19-2)8-16-5-3-4-11(17)9-16/h6-7,11,17H,3-5,8-9H2,1-2H3/p+1/t11-/m1/s1. The second-order valence-electron chi connectivity index (χ2n) is 4.98. The summed E-state index contributed by atoms with van der Waals surface area (Å²) in [5, 5.41) is 9.73. The van der Waals surface area contributed by atoms with E-state index in [2.05, 4.69) is 15.9 Å². The molecule has 2 rings (SSSR count). The molecule has 1 saturated heterocycles. The van der Waals surface area contributed by atoms with Crippen molar-refractivity contribution >= 4 is 15.9 Å². The van der Waals surface area contributed by atoms with Crippen molar-refractivity contribution in [2.75, 3.05) is 27.3 Å². The normalized spacial score (nSPS) is 23.2. The minimum Gasteiger partial charge on any atom is -0.493 e. The number of quaternary nitrogens is 1. The molecule has 0 aliphatic carbocycles. The fourth-order valence-electron chi connectivity index (χ4n) is 2.59. The lowest BCUT2D eigenvalue weighted by Crippen LogP contribution is -3.12. The number of piperidine rings is 1. The number of nitrogens with one attached hydrogen (secondary N) is 1. The van der Waals surface area contributed by atoms with Gasteiger partial charge in [-0.25, -0.2) is 0 Å². The van der Waals surface area contributed by atoms with Gasteiger partial charge in [-0.3, -0.25) is 0 Å². The molecule has 0 bridgehead atoms. The molecule has 4 nitrogen and oxygen atoms in total. The molecular weight excluding hydrogens is 310 g/mol. The van der Waals surface area contributed by atoms with Gasteiger partial charge in [-0.05, 0) is 25.0 Å². The van der Waals surface area contributed by atoms with E-state index in [1.54, 1.807) is 14.2 Å². The monoisotopic (exact) mass is 330 g/mol. The van der Waals surface area contributed by atoms with Crippen molar-refractivity contribution in [1.82, 2.24) is 0 Å². The average Bonchev–Trinajstić information content (AvgIpc) is 2.40. The molecular formula is C14H21BrNO3+. The van der Waals surface area contributed by atoms with Crippen molar-refractivity contribution in [3.8, 4) is 11.5 Å². The van der Waals surface area contributed by atoms with Crippen LogP contribution in [0.4, 0.5) is 0 Å². The number of halogens is 1. The third-order valence-corrected chi connectivity index (χ3v) is 4.32. The van der Waals surface area contributed by atoms with Crippen LogP contribution in [0.2, 0.25) is 0 Å². The van der Waals surface area contributed by atoms with E-state index < -0.39 is 0 Å². The quantitative estimate of drug-likeness (QED) is 0.865. The third-order valence-electron chi connectivity index (χ3n) is 3.59. The molecule has 19 heavy (non-hydrogen) atoms. The summed E-state index contributed by atoms with van der Waals surface area (Å²) >= 11 is 3.58. The number of hydrogen-bond acceptors (Lipinski definition) is 3. The highest BCUT2D eigenvalue weighted by atomic mass is 79.9. The maximum Gasteiger partial charge on any atom is 0.161 e. The van der Waals surface area contributed by atoms with Crippen LogP contribution in [0.25, 0.3) is 0 Å². The van der Waals surface area contributed by atoms with Gasteiger partial charge in [0.15, 0.2) is 11.5 Å². The summed E-state index contributed by atoms with van der Waals surface area (Å²) in [4.78, 5) is 1.41. The van der Waals surface area contributed by atoms with Crippen LogP contribution in [0, 0.1) is 0 Å². The highest BCUT2D eigenvalue weighted by molar-refractivity contribution is 9.10. The largest absolute Gasteiger partial charge is 0.493 e. The lowest BCUT2D eigenvalue weighted by atomic mass is 10.1. The molecule has 1 fully saturated rings. The molecule has 1 aliphatic heterocycles. The smallest absolute Gasteiger partial charge is 0.161 e. The zero-order valence-corrected chi connectivity index (χ0v) is 13.0. The zero-order valence-electron chi connectivity index (χ0n) is 11.4. The first kappa shape index (κ1) is 14.6. The molecule has 1 unspecified atom stereocenters. The summed E-state index contributed by atoms with van der Waals surface area (Å²) in [7, 11) is 3.28. The Morgan fingerprint density at radius 2 is 2.00 bits per heavy atom. The lowest BCUT2D eigenvalue weighted by Gasteiger charge is -2.27. The number of methoxy groups -OCH3 is 2. The van der Waals surface area contributed by atoms with Crippen LogP contribution >= 0.6 is 15.9 Å². The molecule has 2 N–H and O–H groups in total. The molecule has 106 valence electrons. The number of aliphatic hydroxyl groups is 1. The fourth-order valence-corrected chi connectivity index (χ4v) is 3.05. The van der Waals surface area contributed by atoms with Crippen LogP contribution in [-0.4, -0.2) is 38.5 Å². The van der Waals surface area contributed by atoms with E-state index in [0.29, 0.717) is 0 Å². The Kier molecular flexibility index (Phi) is 5.07. The van der Waals surface area contributed by atoms with E-state index in [-0.39, 0.29) is 6.10 Å². The molecule has 0 saturated carbocycles. The predicted octanol–water partition coefficient (Wildman–Crippen LogP) is 1.01. The summed E-state index contributed by atoms with van der Waals surface area (Å²) in [6.07, 6.45) is 1.85. The van der Waals surface area contributed by atoms with Gasteiger partial charge in [-0.2, -0.15) is 0 Å². The van der Waals surface area contributed by atoms with Crippen molar-refractivity contribution in [2.24, 2.45) is 0 Å². The summed E-state index contributed by atoms with van der Waals surface area (Å²) < 4.78 is 11.6. The molecule has 2 atom stereocenters. The number of likely N-dealkylation sites (tertiary alicyclic amines) is 1. The van der Waals surface area contributed by atoms with Crippen LogP contribution in [0.15, 0.2) is 16.6 Å². The Labute approximate surface area is 122 Å². The molecule has 1 aromatic carbocycles. The number of aliphatic hydroxyl groups excluding tert-OH is 1. The highest BCUT2D eigenvalue weighted by Crippen LogP contribution is 2.32. The van der Waals surface area contributed by atoms with Crippen molar-refractivity contribution in [1.29, 1.82) is 0 Å². The Balaban J connectivity index is 2.15. The number of rotatable bonds is 4. The van der Waals surface area contributed by atoms with Gasteiger partial charge >= 0.3 is 0 Å². The topological polar surface area (TPSA) is 43.1 Å². The first-order valence-electron chi connectivity index (χ1n) is 6.56. The highest BCUT2D eigenvalue weighted by Gasteiger charge is 2.22. The van der Waals surface area contributed by atoms with E-state index in [1.807, 2.05) is 12.1 Å². The Bertz CT molecular complexity index is 439. The van der Waals surface area contributed by atoms with Crippen LogP contribution < -0.4 is 14.4 Å². The first-order valence-corrected chi connectivity index (χ1v) is 7.35. The van der Waals surface area contributed by atoms with Crippen LogP contribution in [-0.2, 0) is 6.54 Å². The second-order valence-corrected chi connectivity index (χ2v) is 5.83. The van der Waals surface area contributed by atoms with Crippen molar-refractivity contribution in [3.63, 3.8) is 0 Å². The maximum atomic E-state index is 9.73. The van der Waals surface area contributed by atoms with Gasteiger partial charge in [0.2, 0.25) is 0 Å². The van der Waals surface area contributed by atoms with Crippen LogP contribution in [0.3, 0.4) is 0 Å². The van der Waals surface area contributed by atoms with Gasteiger partial charge in [0, 0.05) is 10.0 Å². The van der Waals surface area contributed by atoms with Gasteiger partial charge in [0.25, 0.3) is 0 Å². The minimum atomic E-state index is -0.164. The summed E-state index contributed by atoms with van der Waals surface area (Å²) in [6.45, 7) is 2.82. The third kappa shape index (κ3) is 3.61. The Morgan fingerprint density at radius 3 is 2.63 bits per heavy atom. The molecule has 1 aliphatic rings. The molecule has 1 aromatic rings. The Hall–Kier alpha value is -0.780. The van der Waals surface area contributed by atoms with E-state index in [0.717, 1.165) is 48.4 Å². The van der Waals surface area contributed by atoms with Gasteiger partial charge in [-0.15, -0.1) is 0 Å². The van der Waals surface area contributed by atoms with Gasteiger partial charge in [0.05, 0.1) is 20.8 Å². The van der Waals surface area contributed by atoms with E-state index >= 15 is 0 Å². The lowest BCUT2D eigenvalue weighted by molar-refractivity contribution is -0.922. The molecule has 0 radical (unpaired) electrons. The van der Waals surface area contributed by atoms with Gasteiger partial charge < -0.3 is 19.5 Å². The van der Waals surface area contributed by atoms with Gasteiger partial charge in [0.1, 0.15) is 19.2 Å². The Morgan fingerprint density at radius 1 is 1.32 bits per heavy atom. The second kappa shape index (κ2) is 6.59. The fraction of sp³-hybridized carbons (Fsp3) is 0.571. The number of benzene rings is 1. The summed E-state index contributed by atoms with van der Waals surface area (Å²) in [6, 6.07) is 3.95. The van der Waals surface area contributed by atoms with Crippen molar-refractivity contribution in [2.45, 2.75) is 25.5 Å². The molecule has 0 amide bonds. The van der Waals surface area contributed by atoms with Crippen molar-refractivity contribution in [3.05, 3.63) is 22.2 Å². The van der Waals surface area contributed by atoms with E-state index in [1.165, 1.54) is 10.5 Å². The zero-order chi connectivity index (χ0) is 13.8. The number of ether oxygens (including phenoxy) is 2. The van der Waals surface area contributed by atoms with Gasteiger partial charge in [-0.1, -0.05) is 15.9 Å². The first-order chi connectivity index (χ1) is 9.13. The SMILES string of the molecule is COc1cc(Br)c(C[NH+]2CCC[C@@H](O)C2)cc1OC. The number of hydrogen-bond donors (Lipinski definition) is 2. The van der Waals surface area contributed by atoms with E-state index in [9.17, 15) is 5.11 Å². The average molecular weight is 331 g/mol. The predicted molar refractivity (Wildman–Crippen MR) is 76.9 cm³/mol. The minimum absolute atomic E-state index is 0.164. The molecule has 0 spiro atoms. The van der Waals surface area contributed by atoms with Crippen LogP contribution in [0.5, 0.6) is 11.5 Å². The maximum absolute atomic E-state index is 9.73. The molecule has 0 aromatic heterocycles. The summed E-state index contributed by atoms with van der Waals surface area (Å²) in [5.41, 5.74) is 1.18. The van der Waals surface area contributed by atoms with E-state index in [4.69, 9.17) is 9.47 Å². The van der Waals surface area contributed by atoms with Crippen molar-refractivity contribution < 1.29 is 19.5 Å². The molecule has 5 heteroatoms.